The van der Waals surface area contributed by atoms with E-state index in [1.165, 1.54) is 10.4 Å². The minimum Gasteiger partial charge on any atom is -0.454 e. The number of hydrogen-bond acceptors (Lipinski definition) is 5. The van der Waals surface area contributed by atoms with Gasteiger partial charge in [-0.25, -0.2) is 5.01 Å². The Hall–Kier alpha value is -2.34. The van der Waals surface area contributed by atoms with Crippen LogP contribution in [0.2, 0.25) is 0 Å². The van der Waals surface area contributed by atoms with E-state index in [-0.39, 0.29) is 18.7 Å². The van der Waals surface area contributed by atoms with Gasteiger partial charge < -0.3 is 9.47 Å². The third-order valence-electron chi connectivity index (χ3n) is 4.14. The summed E-state index contributed by atoms with van der Waals surface area (Å²) >= 11 is 1.67. The van der Waals surface area contributed by atoms with Gasteiger partial charge in [0.2, 0.25) is 12.7 Å². The smallest absolute Gasteiger partial charge is 0.240 e. The van der Waals surface area contributed by atoms with Gasteiger partial charge in [-0.2, -0.15) is 5.10 Å². The molecule has 1 aromatic carbocycles. The van der Waals surface area contributed by atoms with E-state index in [2.05, 4.69) is 23.5 Å². The number of ether oxygens (including phenoxy) is 2. The molecule has 4 rings (SSSR count). The van der Waals surface area contributed by atoms with E-state index in [1.54, 1.807) is 23.3 Å². The van der Waals surface area contributed by atoms with Crippen molar-refractivity contribution >= 4 is 23.0 Å². The van der Waals surface area contributed by atoms with E-state index < -0.39 is 0 Å². The zero-order valence-corrected chi connectivity index (χ0v) is 13.7. The molecule has 2 aliphatic heterocycles. The zero-order chi connectivity index (χ0) is 16.0. The Balaban J connectivity index is 1.69. The van der Waals surface area contributed by atoms with Crippen LogP contribution in [0.4, 0.5) is 0 Å². The summed E-state index contributed by atoms with van der Waals surface area (Å²) in [6, 6.07) is 7.85. The summed E-state index contributed by atoms with van der Waals surface area (Å²) in [5, 5.41) is 8.23. The van der Waals surface area contributed by atoms with Crippen LogP contribution in [0, 0.1) is 6.92 Å². The zero-order valence-electron chi connectivity index (χ0n) is 12.9. The average Bonchev–Trinajstić information content (AvgIpc) is 3.24. The second-order valence-electron chi connectivity index (χ2n) is 5.67. The Labute approximate surface area is 138 Å². The maximum Gasteiger partial charge on any atom is 0.240 e. The number of benzene rings is 1. The van der Waals surface area contributed by atoms with Crippen molar-refractivity contribution in [3.8, 4) is 11.5 Å². The van der Waals surface area contributed by atoms with Gasteiger partial charge in [-0.3, -0.25) is 4.79 Å². The molecule has 0 fully saturated rings. The van der Waals surface area contributed by atoms with Crippen molar-refractivity contribution < 1.29 is 14.3 Å². The number of aryl methyl sites for hydroxylation is 1. The van der Waals surface area contributed by atoms with Crippen LogP contribution in [0.3, 0.4) is 0 Å². The summed E-state index contributed by atoms with van der Waals surface area (Å²) in [5.74, 6) is 1.44. The van der Waals surface area contributed by atoms with Crippen LogP contribution in [0.1, 0.15) is 35.4 Å². The topological polar surface area (TPSA) is 51.1 Å². The van der Waals surface area contributed by atoms with Gasteiger partial charge in [-0.05, 0) is 42.1 Å². The fraction of sp³-hybridized carbons (Fsp3) is 0.294. The molecule has 1 aromatic heterocycles. The molecule has 0 unspecified atom stereocenters. The second-order valence-corrected chi connectivity index (χ2v) is 6.61. The number of hydrogen-bond donors (Lipinski definition) is 0. The fourth-order valence-electron chi connectivity index (χ4n) is 2.98. The first-order valence-corrected chi connectivity index (χ1v) is 8.33. The molecule has 0 radical (unpaired) electrons. The van der Waals surface area contributed by atoms with Gasteiger partial charge in [0.15, 0.2) is 11.5 Å². The molecule has 0 aliphatic carbocycles. The third-order valence-corrected chi connectivity index (χ3v) is 5.26. The number of fused-ring (bicyclic) bond motifs is 1. The van der Waals surface area contributed by atoms with Gasteiger partial charge in [0.25, 0.3) is 0 Å². The van der Waals surface area contributed by atoms with Crippen LogP contribution in [0.25, 0.3) is 0 Å². The molecule has 1 atom stereocenters. The van der Waals surface area contributed by atoms with Crippen LogP contribution >= 0.6 is 11.3 Å². The summed E-state index contributed by atoms with van der Waals surface area (Å²) < 4.78 is 10.8. The molecule has 5 nitrogen and oxygen atoms in total. The van der Waals surface area contributed by atoms with Crippen molar-refractivity contribution in [1.82, 2.24) is 5.01 Å². The minimum absolute atomic E-state index is 0.0204. The maximum absolute atomic E-state index is 12.0. The van der Waals surface area contributed by atoms with Crippen molar-refractivity contribution in [2.24, 2.45) is 5.10 Å². The van der Waals surface area contributed by atoms with E-state index in [0.717, 1.165) is 22.8 Å². The highest BCUT2D eigenvalue weighted by Gasteiger charge is 2.33. The van der Waals surface area contributed by atoms with Crippen molar-refractivity contribution in [2.45, 2.75) is 26.3 Å². The first-order chi connectivity index (χ1) is 11.1. The molecule has 118 valence electrons. The molecule has 3 heterocycles. The van der Waals surface area contributed by atoms with E-state index >= 15 is 0 Å². The molecule has 0 saturated heterocycles. The number of hydrazone groups is 1. The summed E-state index contributed by atoms with van der Waals surface area (Å²) in [5.41, 5.74) is 3.07. The van der Waals surface area contributed by atoms with E-state index in [0.29, 0.717) is 6.42 Å². The van der Waals surface area contributed by atoms with Crippen LogP contribution in [-0.2, 0) is 4.79 Å². The molecule has 1 amide bonds. The Bertz CT molecular complexity index is 812. The lowest BCUT2D eigenvalue weighted by Crippen LogP contribution is -2.24. The Morgan fingerprint density at radius 1 is 1.30 bits per heavy atom. The Morgan fingerprint density at radius 3 is 2.87 bits per heavy atom. The monoisotopic (exact) mass is 328 g/mol. The van der Waals surface area contributed by atoms with E-state index in [1.807, 2.05) is 18.2 Å². The molecule has 23 heavy (non-hydrogen) atoms. The van der Waals surface area contributed by atoms with E-state index in [4.69, 9.17) is 9.47 Å². The first kappa shape index (κ1) is 14.3. The lowest BCUT2D eigenvalue weighted by atomic mass is 10.0. The quantitative estimate of drug-likeness (QED) is 0.848. The van der Waals surface area contributed by atoms with Gasteiger partial charge in [-0.15, -0.1) is 11.3 Å². The summed E-state index contributed by atoms with van der Waals surface area (Å²) in [7, 11) is 0. The molecule has 6 heteroatoms. The Morgan fingerprint density at radius 2 is 2.13 bits per heavy atom. The molecular formula is C17H16N2O3S. The van der Waals surface area contributed by atoms with E-state index in [9.17, 15) is 4.79 Å². The number of nitrogens with zero attached hydrogens (tertiary/aromatic N) is 2. The van der Waals surface area contributed by atoms with Gasteiger partial charge >= 0.3 is 0 Å². The van der Waals surface area contributed by atoms with Gasteiger partial charge in [0.05, 0.1) is 11.8 Å². The minimum atomic E-state index is -0.0430. The number of rotatable bonds is 2. The van der Waals surface area contributed by atoms with Crippen molar-refractivity contribution in [3.05, 3.63) is 45.6 Å². The highest BCUT2D eigenvalue weighted by atomic mass is 32.1. The lowest BCUT2D eigenvalue weighted by Gasteiger charge is -2.19. The molecule has 0 spiro atoms. The SMILES string of the molecule is CC(=O)N1N=C(c2ccc3c(c2)OCO3)C[C@H]1c1sccc1C. The molecule has 2 aromatic rings. The number of thiophene rings is 1. The highest BCUT2D eigenvalue weighted by molar-refractivity contribution is 7.10. The van der Waals surface area contributed by atoms with Gasteiger partial charge in [-0.1, -0.05) is 0 Å². The molecule has 0 bridgehead atoms. The van der Waals surface area contributed by atoms with Crippen molar-refractivity contribution in [1.29, 1.82) is 0 Å². The predicted molar refractivity (Wildman–Crippen MR) is 88.0 cm³/mol. The molecule has 0 saturated carbocycles. The number of amides is 1. The van der Waals surface area contributed by atoms with Crippen molar-refractivity contribution in [3.63, 3.8) is 0 Å². The standard InChI is InChI=1S/C17H16N2O3S/c1-10-5-6-23-17(10)14-8-13(18-19(14)11(2)20)12-3-4-15-16(7-12)22-9-21-15/h3-7,14H,8-9H2,1-2H3/t14-/m0/s1. The van der Waals surface area contributed by atoms with Gasteiger partial charge in [0, 0.05) is 23.8 Å². The first-order valence-electron chi connectivity index (χ1n) is 7.45. The highest BCUT2D eigenvalue weighted by Crippen LogP contribution is 2.39. The summed E-state index contributed by atoms with van der Waals surface area (Å²) in [6.45, 7) is 3.88. The lowest BCUT2D eigenvalue weighted by molar-refractivity contribution is -0.130. The molecule has 0 N–H and O–H groups in total. The van der Waals surface area contributed by atoms with Crippen LogP contribution in [0.15, 0.2) is 34.7 Å². The normalized spacial score (nSPS) is 19.1. The van der Waals surface area contributed by atoms with Crippen LogP contribution in [0.5, 0.6) is 11.5 Å². The molecule has 2 aliphatic rings. The summed E-state index contributed by atoms with van der Waals surface area (Å²) in [4.78, 5) is 13.2. The van der Waals surface area contributed by atoms with Crippen molar-refractivity contribution in [2.75, 3.05) is 6.79 Å². The number of carbonyl (C=O) groups is 1. The fourth-order valence-corrected chi connectivity index (χ4v) is 3.99. The molecular weight excluding hydrogens is 312 g/mol. The average molecular weight is 328 g/mol. The summed E-state index contributed by atoms with van der Waals surface area (Å²) in [6.07, 6.45) is 0.709. The maximum atomic E-state index is 12.0. The predicted octanol–water partition coefficient (Wildman–Crippen LogP) is 3.48. The van der Waals surface area contributed by atoms with Crippen LogP contribution in [-0.4, -0.2) is 23.4 Å². The Kier molecular flexibility index (Phi) is 3.34. The third kappa shape index (κ3) is 2.39. The number of carbonyl (C=O) groups excluding carboxylic acids is 1. The van der Waals surface area contributed by atoms with Gasteiger partial charge in [0.1, 0.15) is 0 Å². The second kappa shape index (κ2) is 5.38. The van der Waals surface area contributed by atoms with Crippen LogP contribution < -0.4 is 9.47 Å². The largest absolute Gasteiger partial charge is 0.454 e.